The Labute approximate surface area is 121 Å². The molecule has 0 amide bonds. The van der Waals surface area contributed by atoms with Gasteiger partial charge in [0.1, 0.15) is 12.2 Å². The molecule has 5 heteroatoms. The van der Waals surface area contributed by atoms with Crippen LogP contribution in [0.3, 0.4) is 0 Å². The molecule has 1 aromatic carbocycles. The second-order valence-corrected chi connectivity index (χ2v) is 5.51. The van der Waals surface area contributed by atoms with Crippen LogP contribution in [0, 0.1) is 3.57 Å². The van der Waals surface area contributed by atoms with Crippen LogP contribution in [-0.2, 0) is 13.0 Å². The lowest BCUT2D eigenvalue weighted by atomic mass is 10.0. The zero-order valence-electron chi connectivity index (χ0n) is 10.4. The fourth-order valence-electron chi connectivity index (χ4n) is 1.90. The number of benzene rings is 1. The highest BCUT2D eigenvalue weighted by molar-refractivity contribution is 14.1. The Bertz CT molecular complexity index is 509. The molecule has 2 rings (SSSR count). The normalized spacial score (nSPS) is 12.6. The van der Waals surface area contributed by atoms with E-state index in [2.05, 4.69) is 57.8 Å². The average Bonchev–Trinajstić information content (AvgIpc) is 2.77. The van der Waals surface area contributed by atoms with Gasteiger partial charge in [0.15, 0.2) is 0 Å². The van der Waals surface area contributed by atoms with E-state index in [1.807, 2.05) is 10.7 Å². The lowest BCUT2D eigenvalue weighted by Gasteiger charge is -2.12. The van der Waals surface area contributed by atoms with Gasteiger partial charge in [0.25, 0.3) is 0 Å². The molecule has 18 heavy (non-hydrogen) atoms. The highest BCUT2D eigenvalue weighted by atomic mass is 127. The van der Waals surface area contributed by atoms with Crippen LogP contribution in [0.4, 0.5) is 0 Å². The third-order valence-electron chi connectivity index (χ3n) is 2.81. The third kappa shape index (κ3) is 3.29. The van der Waals surface area contributed by atoms with Crippen molar-refractivity contribution in [2.45, 2.75) is 32.4 Å². The van der Waals surface area contributed by atoms with Gasteiger partial charge in [-0.15, -0.1) is 0 Å². The largest absolute Gasteiger partial charge is 0.324 e. The minimum atomic E-state index is -0.0282. The monoisotopic (exact) mass is 356 g/mol. The van der Waals surface area contributed by atoms with Crippen LogP contribution in [0.1, 0.15) is 30.8 Å². The molecule has 0 aliphatic rings. The van der Waals surface area contributed by atoms with Gasteiger partial charge in [-0.2, -0.15) is 5.10 Å². The van der Waals surface area contributed by atoms with Gasteiger partial charge in [-0.3, -0.25) is 4.68 Å². The Hall–Kier alpha value is -0.950. The summed E-state index contributed by atoms with van der Waals surface area (Å²) in [6.45, 7) is 3.03. The van der Waals surface area contributed by atoms with E-state index >= 15 is 0 Å². The van der Waals surface area contributed by atoms with Crippen LogP contribution in [-0.4, -0.2) is 14.8 Å². The van der Waals surface area contributed by atoms with Gasteiger partial charge in [-0.1, -0.05) is 19.1 Å². The Morgan fingerprint density at radius 3 is 3.00 bits per heavy atom. The maximum atomic E-state index is 6.24. The molecule has 1 heterocycles. The molecule has 0 radical (unpaired) electrons. The topological polar surface area (TPSA) is 56.7 Å². The van der Waals surface area contributed by atoms with Gasteiger partial charge in [0, 0.05) is 22.6 Å². The van der Waals surface area contributed by atoms with Crippen molar-refractivity contribution in [1.82, 2.24) is 14.8 Å². The minimum absolute atomic E-state index is 0.0282. The van der Waals surface area contributed by atoms with Crippen molar-refractivity contribution in [2.75, 3.05) is 0 Å². The quantitative estimate of drug-likeness (QED) is 0.838. The van der Waals surface area contributed by atoms with Crippen LogP contribution in [0.15, 0.2) is 30.6 Å². The lowest BCUT2D eigenvalue weighted by Crippen LogP contribution is -2.17. The molecule has 2 N–H and O–H groups in total. The summed E-state index contributed by atoms with van der Waals surface area (Å²) in [4.78, 5) is 4.29. The van der Waals surface area contributed by atoms with Crippen LogP contribution in [0.25, 0.3) is 0 Å². The minimum Gasteiger partial charge on any atom is -0.324 e. The van der Waals surface area contributed by atoms with Crippen LogP contribution >= 0.6 is 22.6 Å². The summed E-state index contributed by atoms with van der Waals surface area (Å²) in [6.07, 6.45) is 3.38. The Balaban J connectivity index is 2.11. The van der Waals surface area contributed by atoms with Crippen molar-refractivity contribution in [1.29, 1.82) is 0 Å². The van der Waals surface area contributed by atoms with E-state index in [4.69, 9.17) is 5.73 Å². The van der Waals surface area contributed by atoms with E-state index in [-0.39, 0.29) is 6.04 Å². The third-order valence-corrected chi connectivity index (χ3v) is 3.48. The number of halogens is 1. The summed E-state index contributed by atoms with van der Waals surface area (Å²) < 4.78 is 3.14. The van der Waals surface area contributed by atoms with Crippen molar-refractivity contribution in [2.24, 2.45) is 5.73 Å². The van der Waals surface area contributed by atoms with Gasteiger partial charge in [-0.05, 0) is 46.7 Å². The molecule has 1 aromatic heterocycles. The molecule has 0 bridgehead atoms. The molecule has 0 spiro atoms. The number of aryl methyl sites for hydroxylation is 1. The highest BCUT2D eigenvalue weighted by Gasteiger charge is 2.11. The first-order valence-electron chi connectivity index (χ1n) is 6.08. The predicted molar refractivity (Wildman–Crippen MR) is 80.1 cm³/mol. The average molecular weight is 356 g/mol. The molecule has 1 atom stereocenters. The predicted octanol–water partition coefficient (Wildman–Crippen LogP) is 2.54. The fourth-order valence-corrected chi connectivity index (χ4v) is 2.46. The van der Waals surface area contributed by atoms with Crippen LogP contribution < -0.4 is 5.73 Å². The summed E-state index contributed by atoms with van der Waals surface area (Å²) >= 11 is 2.30. The first-order valence-corrected chi connectivity index (χ1v) is 7.16. The lowest BCUT2D eigenvalue weighted by molar-refractivity contribution is 0.548. The Morgan fingerprint density at radius 2 is 2.28 bits per heavy atom. The summed E-state index contributed by atoms with van der Waals surface area (Å²) in [5, 5.41) is 4.22. The maximum Gasteiger partial charge on any atom is 0.138 e. The molecule has 0 aliphatic carbocycles. The van der Waals surface area contributed by atoms with Gasteiger partial charge < -0.3 is 5.73 Å². The zero-order chi connectivity index (χ0) is 13.0. The highest BCUT2D eigenvalue weighted by Crippen LogP contribution is 2.17. The van der Waals surface area contributed by atoms with E-state index < -0.39 is 0 Å². The second-order valence-electron chi connectivity index (χ2n) is 4.27. The van der Waals surface area contributed by atoms with Crippen molar-refractivity contribution in [3.63, 3.8) is 0 Å². The number of nitrogens with two attached hydrogens (primary N) is 1. The smallest absolute Gasteiger partial charge is 0.138 e. The van der Waals surface area contributed by atoms with Crippen LogP contribution in [0.2, 0.25) is 0 Å². The number of rotatable bonds is 5. The van der Waals surface area contributed by atoms with Gasteiger partial charge in [-0.25, -0.2) is 4.98 Å². The molecule has 0 aliphatic heterocycles. The maximum absolute atomic E-state index is 6.24. The molecule has 2 aromatic rings. The van der Waals surface area contributed by atoms with E-state index in [1.165, 1.54) is 3.57 Å². The van der Waals surface area contributed by atoms with E-state index in [9.17, 15) is 0 Å². The van der Waals surface area contributed by atoms with E-state index in [0.29, 0.717) is 0 Å². The molecular formula is C13H17IN4. The molecule has 4 nitrogen and oxygen atoms in total. The number of hydrogen-bond donors (Lipinski definition) is 1. The Morgan fingerprint density at radius 1 is 1.44 bits per heavy atom. The summed E-state index contributed by atoms with van der Waals surface area (Å²) in [5.74, 6) is 0.961. The summed E-state index contributed by atoms with van der Waals surface area (Å²) in [6, 6.07) is 8.25. The molecule has 0 saturated carbocycles. The van der Waals surface area contributed by atoms with Crippen molar-refractivity contribution in [3.05, 3.63) is 45.6 Å². The summed E-state index contributed by atoms with van der Waals surface area (Å²) in [5.41, 5.74) is 7.38. The first kappa shape index (κ1) is 13.5. The van der Waals surface area contributed by atoms with Gasteiger partial charge in [0.05, 0.1) is 0 Å². The zero-order valence-corrected chi connectivity index (χ0v) is 12.5. The standard InChI is InChI=1S/C13H17IN4/c1-2-6-18-13(16-9-17-18)8-12(15)10-4-3-5-11(14)7-10/h3-5,7,9,12H,2,6,8,15H2,1H3. The Kier molecular flexibility index (Phi) is 4.71. The first-order chi connectivity index (χ1) is 8.70. The number of hydrogen-bond acceptors (Lipinski definition) is 3. The fraction of sp³-hybridized carbons (Fsp3) is 0.385. The summed E-state index contributed by atoms with van der Waals surface area (Å²) in [7, 11) is 0. The number of aromatic nitrogens is 3. The molecule has 96 valence electrons. The van der Waals surface area contributed by atoms with E-state index in [1.54, 1.807) is 6.33 Å². The SMILES string of the molecule is CCCn1ncnc1CC(N)c1cccc(I)c1. The van der Waals surface area contributed by atoms with Gasteiger partial charge >= 0.3 is 0 Å². The molecular weight excluding hydrogens is 339 g/mol. The van der Waals surface area contributed by atoms with Crippen molar-refractivity contribution >= 4 is 22.6 Å². The van der Waals surface area contributed by atoms with Crippen molar-refractivity contribution in [3.8, 4) is 0 Å². The molecule has 0 saturated heterocycles. The molecule has 1 unspecified atom stereocenters. The number of nitrogens with zero attached hydrogens (tertiary/aromatic N) is 3. The van der Waals surface area contributed by atoms with Crippen LogP contribution in [0.5, 0.6) is 0 Å². The van der Waals surface area contributed by atoms with Crippen molar-refractivity contribution < 1.29 is 0 Å². The van der Waals surface area contributed by atoms with Gasteiger partial charge in [0.2, 0.25) is 0 Å². The van der Waals surface area contributed by atoms with E-state index in [0.717, 1.165) is 30.8 Å². The molecule has 0 fully saturated rings. The second kappa shape index (κ2) is 6.29.